The molecule has 1 N–H and O–H groups in total. The third kappa shape index (κ3) is 2.25. The molecule has 6 nitrogen and oxygen atoms in total. The number of nitrogens with one attached hydrogen (secondary N) is 1. The number of carbonyl (C=O) groups is 1. The smallest absolute Gasteiger partial charge is 0.299 e. The van der Waals surface area contributed by atoms with E-state index in [1.54, 1.807) is 6.07 Å². The van der Waals surface area contributed by atoms with Gasteiger partial charge in [0, 0.05) is 17.9 Å². The van der Waals surface area contributed by atoms with Crippen LogP contribution in [-0.2, 0) is 11.2 Å². The topological polar surface area (TPSA) is 80.1 Å². The van der Waals surface area contributed by atoms with Crippen LogP contribution in [0.2, 0.25) is 0 Å². The molecule has 0 aliphatic heterocycles. The van der Waals surface area contributed by atoms with Crippen molar-refractivity contribution in [3.8, 4) is 0 Å². The van der Waals surface area contributed by atoms with Gasteiger partial charge >= 0.3 is 5.69 Å². The van der Waals surface area contributed by atoms with E-state index in [9.17, 15) is 9.59 Å². The molecule has 0 bridgehead atoms. The Morgan fingerprint density at radius 1 is 1.47 bits per heavy atom. The predicted octanol–water partition coefficient (Wildman–Crippen LogP) is 0.575. The number of rotatable bonds is 2. The van der Waals surface area contributed by atoms with E-state index in [2.05, 4.69) is 15.2 Å². The summed E-state index contributed by atoms with van der Waals surface area (Å²) in [6.07, 6.45) is 1.63. The summed E-state index contributed by atoms with van der Waals surface area (Å²) in [5.41, 5.74) is 0.373. The minimum atomic E-state index is -0.390. The standard InChI is InChI=1S/C11H14N4O2/c1-11(2,3)8(16)4-7-5-9-13-14-10(17)15(9)6-12-7/h5-6H,4H2,1-3H3,(H,14,17). The first kappa shape index (κ1) is 11.5. The van der Waals surface area contributed by atoms with Gasteiger partial charge in [0.2, 0.25) is 0 Å². The van der Waals surface area contributed by atoms with E-state index in [-0.39, 0.29) is 23.3 Å². The number of hydrogen-bond acceptors (Lipinski definition) is 4. The summed E-state index contributed by atoms with van der Waals surface area (Å²) in [5.74, 6) is 0.104. The quantitative estimate of drug-likeness (QED) is 0.824. The first-order chi connectivity index (χ1) is 7.88. The number of ketones is 1. The first-order valence-corrected chi connectivity index (χ1v) is 5.33. The van der Waals surface area contributed by atoms with Crippen molar-refractivity contribution < 1.29 is 4.79 Å². The number of hydrogen-bond donors (Lipinski definition) is 1. The first-order valence-electron chi connectivity index (χ1n) is 5.33. The predicted molar refractivity (Wildman–Crippen MR) is 61.8 cm³/mol. The highest BCUT2D eigenvalue weighted by atomic mass is 16.1. The van der Waals surface area contributed by atoms with Crippen molar-refractivity contribution in [1.29, 1.82) is 0 Å². The van der Waals surface area contributed by atoms with Crippen molar-refractivity contribution in [2.24, 2.45) is 5.41 Å². The maximum absolute atomic E-state index is 11.8. The molecular formula is C11H14N4O2. The lowest BCUT2D eigenvalue weighted by atomic mass is 9.88. The third-order valence-electron chi connectivity index (χ3n) is 2.54. The second-order valence-electron chi connectivity index (χ2n) is 4.99. The van der Waals surface area contributed by atoms with Crippen LogP contribution in [-0.4, -0.2) is 25.4 Å². The lowest BCUT2D eigenvalue weighted by Crippen LogP contribution is -2.22. The SMILES string of the molecule is CC(C)(C)C(=O)Cc1cc2n[nH]c(=O)n2cn1. The van der Waals surface area contributed by atoms with Crippen LogP contribution < -0.4 is 5.69 Å². The normalized spacial score (nSPS) is 11.9. The molecule has 2 aromatic rings. The van der Waals surface area contributed by atoms with E-state index in [4.69, 9.17) is 0 Å². The fraction of sp³-hybridized carbons (Fsp3) is 0.455. The van der Waals surface area contributed by atoms with Gasteiger partial charge in [-0.2, -0.15) is 5.10 Å². The molecule has 0 radical (unpaired) electrons. The Morgan fingerprint density at radius 3 is 2.82 bits per heavy atom. The molecule has 0 atom stereocenters. The van der Waals surface area contributed by atoms with Crippen LogP contribution in [0.1, 0.15) is 26.5 Å². The highest BCUT2D eigenvalue weighted by Crippen LogP contribution is 2.17. The Balaban J connectivity index is 2.32. The van der Waals surface area contributed by atoms with Crippen molar-refractivity contribution >= 4 is 11.4 Å². The molecule has 17 heavy (non-hydrogen) atoms. The van der Waals surface area contributed by atoms with Gasteiger partial charge < -0.3 is 0 Å². The minimum absolute atomic E-state index is 0.104. The van der Waals surface area contributed by atoms with Crippen LogP contribution in [0.15, 0.2) is 17.2 Å². The van der Waals surface area contributed by atoms with Gasteiger partial charge in [-0.05, 0) is 0 Å². The van der Waals surface area contributed by atoms with Gasteiger partial charge in [-0.1, -0.05) is 20.8 Å². The molecule has 90 valence electrons. The zero-order chi connectivity index (χ0) is 12.6. The molecule has 2 rings (SSSR count). The Bertz CT molecular complexity index is 618. The summed E-state index contributed by atoms with van der Waals surface area (Å²) in [5, 5.41) is 6.14. The lowest BCUT2D eigenvalue weighted by Gasteiger charge is -2.15. The minimum Gasteiger partial charge on any atom is -0.299 e. The largest absolute Gasteiger partial charge is 0.348 e. The Hall–Kier alpha value is -1.98. The molecule has 0 aliphatic carbocycles. The van der Waals surface area contributed by atoms with Crippen molar-refractivity contribution in [2.45, 2.75) is 27.2 Å². The third-order valence-corrected chi connectivity index (χ3v) is 2.54. The van der Waals surface area contributed by atoms with Crippen LogP contribution in [0, 0.1) is 5.41 Å². The van der Waals surface area contributed by atoms with E-state index in [1.165, 1.54) is 10.7 Å². The van der Waals surface area contributed by atoms with E-state index in [0.717, 1.165) is 0 Å². The zero-order valence-corrected chi connectivity index (χ0v) is 10.0. The summed E-state index contributed by atoms with van der Waals surface area (Å²) in [4.78, 5) is 27.1. The number of fused-ring (bicyclic) bond motifs is 1. The van der Waals surface area contributed by atoms with Crippen LogP contribution >= 0.6 is 0 Å². The molecule has 0 spiro atoms. The summed E-state index contributed by atoms with van der Waals surface area (Å²) in [7, 11) is 0. The highest BCUT2D eigenvalue weighted by Gasteiger charge is 2.21. The molecule has 2 heterocycles. The number of Topliss-reactive ketones (excluding diaryl/α,β-unsaturated/α-hetero) is 1. The van der Waals surface area contributed by atoms with Crippen molar-refractivity contribution in [2.75, 3.05) is 0 Å². The van der Waals surface area contributed by atoms with Gasteiger partial charge in [-0.25, -0.2) is 19.3 Å². The van der Waals surface area contributed by atoms with E-state index in [0.29, 0.717) is 11.3 Å². The van der Waals surface area contributed by atoms with Gasteiger partial charge in [-0.15, -0.1) is 0 Å². The summed E-state index contributed by atoms with van der Waals surface area (Å²) in [6, 6.07) is 1.64. The van der Waals surface area contributed by atoms with E-state index >= 15 is 0 Å². The van der Waals surface area contributed by atoms with Gasteiger partial charge in [0.15, 0.2) is 5.65 Å². The van der Waals surface area contributed by atoms with Crippen molar-refractivity contribution in [3.63, 3.8) is 0 Å². The molecule has 2 aromatic heterocycles. The average molecular weight is 234 g/mol. The average Bonchev–Trinajstić information content (AvgIpc) is 2.59. The fourth-order valence-electron chi connectivity index (χ4n) is 1.37. The molecule has 0 amide bonds. The highest BCUT2D eigenvalue weighted by molar-refractivity contribution is 5.85. The summed E-state index contributed by atoms with van der Waals surface area (Å²) >= 11 is 0. The number of H-pyrrole nitrogens is 1. The number of carbonyl (C=O) groups excluding carboxylic acids is 1. The molecule has 0 aromatic carbocycles. The van der Waals surface area contributed by atoms with Crippen molar-refractivity contribution in [3.05, 3.63) is 28.6 Å². The molecule has 0 saturated heterocycles. The van der Waals surface area contributed by atoms with Crippen LogP contribution in [0.5, 0.6) is 0 Å². The number of aromatic amines is 1. The molecular weight excluding hydrogens is 220 g/mol. The summed E-state index contributed by atoms with van der Waals surface area (Å²) in [6.45, 7) is 5.60. The van der Waals surface area contributed by atoms with Gasteiger partial charge in [-0.3, -0.25) is 4.79 Å². The molecule has 0 fully saturated rings. The lowest BCUT2D eigenvalue weighted by molar-refractivity contribution is -0.125. The van der Waals surface area contributed by atoms with Gasteiger partial charge in [0.1, 0.15) is 12.1 Å². The Morgan fingerprint density at radius 2 is 2.18 bits per heavy atom. The van der Waals surface area contributed by atoms with Crippen LogP contribution in [0.3, 0.4) is 0 Å². The van der Waals surface area contributed by atoms with Gasteiger partial charge in [0.25, 0.3) is 0 Å². The second kappa shape index (κ2) is 3.80. The van der Waals surface area contributed by atoms with E-state index < -0.39 is 0 Å². The maximum Gasteiger partial charge on any atom is 0.348 e. The molecule has 0 unspecified atom stereocenters. The molecule has 0 aliphatic rings. The van der Waals surface area contributed by atoms with Crippen molar-refractivity contribution in [1.82, 2.24) is 19.6 Å². The maximum atomic E-state index is 11.8. The van der Waals surface area contributed by atoms with Gasteiger partial charge in [0.05, 0.1) is 5.69 Å². The molecule has 0 saturated carbocycles. The fourth-order valence-corrected chi connectivity index (χ4v) is 1.37. The number of aromatic nitrogens is 4. The number of nitrogens with zero attached hydrogens (tertiary/aromatic N) is 3. The van der Waals surface area contributed by atoms with Crippen LogP contribution in [0.25, 0.3) is 5.65 Å². The summed E-state index contributed by atoms with van der Waals surface area (Å²) < 4.78 is 1.30. The Labute approximate surface area is 97.7 Å². The molecule has 6 heteroatoms. The van der Waals surface area contributed by atoms with Crippen LogP contribution in [0.4, 0.5) is 0 Å². The second-order valence-corrected chi connectivity index (χ2v) is 4.99. The zero-order valence-electron chi connectivity index (χ0n) is 10.0. The Kier molecular flexibility index (Phi) is 2.57. The monoisotopic (exact) mass is 234 g/mol. The van der Waals surface area contributed by atoms with E-state index in [1.807, 2.05) is 20.8 Å².